The molecule has 2 rings (SSSR count). The van der Waals surface area contributed by atoms with E-state index < -0.39 is 0 Å². The van der Waals surface area contributed by atoms with E-state index >= 15 is 0 Å². The maximum Gasteiger partial charge on any atom is 0.234 e. The number of aryl methyl sites for hydroxylation is 1. The molecule has 0 heterocycles. The number of nitrogens with one attached hydrogen (secondary N) is 1. The zero-order valence-corrected chi connectivity index (χ0v) is 13.8. The predicted octanol–water partition coefficient (Wildman–Crippen LogP) is 2.80. The van der Waals surface area contributed by atoms with Gasteiger partial charge in [0.05, 0.1) is 12.6 Å². The monoisotopic (exact) mass is 330 g/mol. The molecule has 3 N–H and O–H groups in total. The highest BCUT2D eigenvalue weighted by molar-refractivity contribution is 5.79. The zero-order chi connectivity index (χ0) is 17.4. The van der Waals surface area contributed by atoms with Gasteiger partial charge in [-0.25, -0.2) is 4.39 Å². The SMILES string of the molecule is CC(NCc1ccc(OCCCc2ccc(F)cc2)cc1)C(N)=O. The Labute approximate surface area is 141 Å². The summed E-state index contributed by atoms with van der Waals surface area (Å²) in [6, 6.07) is 13.9. The molecule has 0 bridgehead atoms. The molecule has 1 atom stereocenters. The Kier molecular flexibility index (Phi) is 6.75. The van der Waals surface area contributed by atoms with Crippen molar-refractivity contribution >= 4 is 5.91 Å². The van der Waals surface area contributed by atoms with Crippen LogP contribution in [0.4, 0.5) is 4.39 Å². The van der Waals surface area contributed by atoms with Gasteiger partial charge < -0.3 is 15.8 Å². The van der Waals surface area contributed by atoms with Crippen LogP contribution in [0.15, 0.2) is 48.5 Å². The second kappa shape index (κ2) is 9.03. The molecule has 0 saturated heterocycles. The fourth-order valence-electron chi connectivity index (χ4n) is 2.19. The van der Waals surface area contributed by atoms with Gasteiger partial charge >= 0.3 is 0 Å². The normalized spacial score (nSPS) is 11.9. The summed E-state index contributed by atoms with van der Waals surface area (Å²) in [5, 5.41) is 3.05. The van der Waals surface area contributed by atoms with Crippen LogP contribution in [-0.4, -0.2) is 18.6 Å². The fourth-order valence-corrected chi connectivity index (χ4v) is 2.19. The van der Waals surface area contributed by atoms with Crippen molar-refractivity contribution in [3.63, 3.8) is 0 Å². The van der Waals surface area contributed by atoms with Gasteiger partial charge in [-0.15, -0.1) is 0 Å². The summed E-state index contributed by atoms with van der Waals surface area (Å²) in [7, 11) is 0. The molecule has 0 aliphatic heterocycles. The molecule has 4 nitrogen and oxygen atoms in total. The van der Waals surface area contributed by atoms with E-state index in [0.29, 0.717) is 13.2 Å². The summed E-state index contributed by atoms with van der Waals surface area (Å²) in [5.74, 6) is 0.228. The molecule has 2 aromatic rings. The minimum atomic E-state index is -0.365. The number of amides is 1. The molecule has 5 heteroatoms. The quantitative estimate of drug-likeness (QED) is 0.695. The van der Waals surface area contributed by atoms with Crippen LogP contribution in [0.3, 0.4) is 0 Å². The number of carbonyl (C=O) groups excluding carboxylic acids is 1. The summed E-state index contributed by atoms with van der Waals surface area (Å²) >= 11 is 0. The second-order valence-electron chi connectivity index (χ2n) is 5.73. The van der Waals surface area contributed by atoms with Gasteiger partial charge in [0.15, 0.2) is 0 Å². The van der Waals surface area contributed by atoms with Crippen LogP contribution in [0.5, 0.6) is 5.75 Å². The summed E-state index contributed by atoms with van der Waals surface area (Å²) in [6.07, 6.45) is 1.72. The van der Waals surface area contributed by atoms with Gasteiger partial charge in [0.2, 0.25) is 5.91 Å². The van der Waals surface area contributed by atoms with Gasteiger partial charge in [-0.1, -0.05) is 24.3 Å². The van der Waals surface area contributed by atoms with Gasteiger partial charge in [0, 0.05) is 6.54 Å². The summed E-state index contributed by atoms with van der Waals surface area (Å²) in [6.45, 7) is 2.92. The van der Waals surface area contributed by atoms with Crippen molar-refractivity contribution in [3.05, 3.63) is 65.5 Å². The molecule has 0 radical (unpaired) electrons. The molecule has 0 spiro atoms. The lowest BCUT2D eigenvalue weighted by Crippen LogP contribution is -2.38. The lowest BCUT2D eigenvalue weighted by atomic mass is 10.1. The Morgan fingerprint density at radius 2 is 1.75 bits per heavy atom. The third-order valence-electron chi connectivity index (χ3n) is 3.75. The number of rotatable bonds is 9. The Morgan fingerprint density at radius 1 is 1.12 bits per heavy atom. The smallest absolute Gasteiger partial charge is 0.234 e. The highest BCUT2D eigenvalue weighted by Gasteiger charge is 2.06. The number of hydrogen-bond donors (Lipinski definition) is 2. The number of nitrogens with two attached hydrogens (primary N) is 1. The molecule has 24 heavy (non-hydrogen) atoms. The summed E-state index contributed by atoms with van der Waals surface area (Å²) in [5.41, 5.74) is 7.36. The molecule has 2 aromatic carbocycles. The van der Waals surface area contributed by atoms with Gasteiger partial charge in [0.25, 0.3) is 0 Å². The van der Waals surface area contributed by atoms with Crippen molar-refractivity contribution < 1.29 is 13.9 Å². The van der Waals surface area contributed by atoms with E-state index in [9.17, 15) is 9.18 Å². The average Bonchev–Trinajstić information content (AvgIpc) is 2.59. The largest absolute Gasteiger partial charge is 0.494 e. The first-order chi connectivity index (χ1) is 11.5. The van der Waals surface area contributed by atoms with Crippen molar-refractivity contribution in [3.8, 4) is 5.75 Å². The fraction of sp³-hybridized carbons (Fsp3) is 0.316. The minimum absolute atomic E-state index is 0.213. The van der Waals surface area contributed by atoms with Crippen molar-refractivity contribution in [2.24, 2.45) is 5.73 Å². The molecule has 0 aromatic heterocycles. The standard InChI is InChI=1S/C19H23FN2O2/c1-14(19(21)23)22-13-16-6-10-18(11-7-16)24-12-2-3-15-4-8-17(20)9-5-15/h4-11,14,22H,2-3,12-13H2,1H3,(H2,21,23). The van der Waals surface area contributed by atoms with Crippen LogP contribution < -0.4 is 15.8 Å². The molecule has 0 fully saturated rings. The van der Waals surface area contributed by atoms with Crippen LogP contribution >= 0.6 is 0 Å². The predicted molar refractivity (Wildman–Crippen MR) is 92.2 cm³/mol. The van der Waals surface area contributed by atoms with E-state index in [2.05, 4.69) is 5.32 Å². The summed E-state index contributed by atoms with van der Waals surface area (Å²) < 4.78 is 18.5. The van der Waals surface area contributed by atoms with Crippen molar-refractivity contribution in [2.75, 3.05) is 6.61 Å². The van der Waals surface area contributed by atoms with Crippen LogP contribution in [0.25, 0.3) is 0 Å². The molecule has 0 saturated carbocycles. The number of ether oxygens (including phenoxy) is 1. The number of halogens is 1. The van der Waals surface area contributed by atoms with E-state index in [0.717, 1.165) is 29.7 Å². The zero-order valence-electron chi connectivity index (χ0n) is 13.8. The number of benzene rings is 2. The minimum Gasteiger partial charge on any atom is -0.494 e. The average molecular weight is 330 g/mol. The summed E-state index contributed by atoms with van der Waals surface area (Å²) in [4.78, 5) is 11.0. The Bertz CT molecular complexity index is 641. The first-order valence-corrected chi connectivity index (χ1v) is 8.03. The Morgan fingerprint density at radius 3 is 2.38 bits per heavy atom. The molecule has 1 amide bonds. The van der Waals surface area contributed by atoms with Crippen molar-refractivity contribution in [1.29, 1.82) is 0 Å². The van der Waals surface area contributed by atoms with Crippen LogP contribution in [-0.2, 0) is 17.8 Å². The lowest BCUT2D eigenvalue weighted by molar-refractivity contribution is -0.119. The molecule has 1 unspecified atom stereocenters. The first kappa shape index (κ1) is 17.9. The van der Waals surface area contributed by atoms with Gasteiger partial charge in [-0.05, 0) is 55.2 Å². The van der Waals surface area contributed by atoms with E-state index in [1.165, 1.54) is 12.1 Å². The maximum absolute atomic E-state index is 12.8. The lowest BCUT2D eigenvalue weighted by Gasteiger charge is -2.11. The third-order valence-corrected chi connectivity index (χ3v) is 3.75. The molecule has 128 valence electrons. The van der Waals surface area contributed by atoms with E-state index in [-0.39, 0.29) is 17.8 Å². The number of primary amides is 1. The van der Waals surface area contributed by atoms with E-state index in [1.54, 1.807) is 19.1 Å². The first-order valence-electron chi connectivity index (χ1n) is 8.03. The van der Waals surface area contributed by atoms with Gasteiger partial charge in [0.1, 0.15) is 11.6 Å². The maximum atomic E-state index is 12.8. The molecular formula is C19H23FN2O2. The highest BCUT2D eigenvalue weighted by Crippen LogP contribution is 2.13. The molecular weight excluding hydrogens is 307 g/mol. The van der Waals surface area contributed by atoms with E-state index in [4.69, 9.17) is 10.5 Å². The third kappa shape index (κ3) is 6.01. The van der Waals surface area contributed by atoms with Crippen LogP contribution in [0, 0.1) is 5.82 Å². The van der Waals surface area contributed by atoms with Crippen molar-refractivity contribution in [2.45, 2.75) is 32.4 Å². The topological polar surface area (TPSA) is 64.3 Å². The molecule has 0 aliphatic rings. The van der Waals surface area contributed by atoms with Gasteiger partial charge in [-0.2, -0.15) is 0 Å². The Balaban J connectivity index is 1.69. The number of hydrogen-bond acceptors (Lipinski definition) is 3. The second-order valence-corrected chi connectivity index (χ2v) is 5.73. The van der Waals surface area contributed by atoms with Crippen LogP contribution in [0.1, 0.15) is 24.5 Å². The Hall–Kier alpha value is -2.40. The van der Waals surface area contributed by atoms with Crippen molar-refractivity contribution in [1.82, 2.24) is 5.32 Å². The highest BCUT2D eigenvalue weighted by atomic mass is 19.1. The number of carbonyl (C=O) groups is 1. The van der Waals surface area contributed by atoms with Crippen LogP contribution in [0.2, 0.25) is 0 Å². The van der Waals surface area contributed by atoms with E-state index in [1.807, 2.05) is 24.3 Å². The van der Waals surface area contributed by atoms with Gasteiger partial charge in [-0.3, -0.25) is 4.79 Å². The molecule has 0 aliphatic carbocycles.